The predicted molar refractivity (Wildman–Crippen MR) is 92.2 cm³/mol. The van der Waals surface area contributed by atoms with Crippen LogP contribution in [0.3, 0.4) is 0 Å². The fourth-order valence-corrected chi connectivity index (χ4v) is 3.92. The number of nitrogens with zero attached hydrogens (tertiary/aromatic N) is 1. The number of H-pyrrole nitrogens is 1. The second-order valence-electron chi connectivity index (χ2n) is 6.85. The van der Waals surface area contributed by atoms with Gasteiger partial charge in [0.2, 0.25) is 17.7 Å². The van der Waals surface area contributed by atoms with Crippen LogP contribution in [0.15, 0.2) is 27.4 Å². The molecule has 8 nitrogen and oxygen atoms in total. The summed E-state index contributed by atoms with van der Waals surface area (Å²) in [4.78, 5) is 51.9. The van der Waals surface area contributed by atoms with Crippen molar-refractivity contribution in [1.82, 2.24) is 9.88 Å². The van der Waals surface area contributed by atoms with Gasteiger partial charge in [-0.2, -0.15) is 0 Å². The van der Waals surface area contributed by atoms with E-state index >= 15 is 0 Å². The molecule has 1 aliphatic carbocycles. The molecule has 1 saturated heterocycles. The van der Waals surface area contributed by atoms with E-state index in [0.29, 0.717) is 16.8 Å². The van der Waals surface area contributed by atoms with E-state index in [-0.39, 0.29) is 42.5 Å². The number of hydrogen-bond donors (Lipinski definition) is 2. The zero-order valence-corrected chi connectivity index (χ0v) is 14.1. The van der Waals surface area contributed by atoms with Gasteiger partial charge >= 0.3 is 5.76 Å². The Labute approximate surface area is 148 Å². The molecular weight excluding hydrogens is 338 g/mol. The third-order valence-electron chi connectivity index (χ3n) is 5.20. The van der Waals surface area contributed by atoms with Crippen LogP contribution < -0.4 is 11.1 Å². The molecule has 4 rings (SSSR count). The van der Waals surface area contributed by atoms with Gasteiger partial charge in [0, 0.05) is 18.7 Å². The number of nitrogens with one attached hydrogen (secondary N) is 2. The highest BCUT2D eigenvalue weighted by molar-refractivity contribution is 6.05. The van der Waals surface area contributed by atoms with E-state index in [9.17, 15) is 19.2 Å². The maximum atomic E-state index is 12.4. The van der Waals surface area contributed by atoms with Gasteiger partial charge in [0.25, 0.3) is 0 Å². The Morgan fingerprint density at radius 3 is 2.54 bits per heavy atom. The monoisotopic (exact) mass is 357 g/mol. The molecule has 2 N–H and O–H groups in total. The Morgan fingerprint density at radius 2 is 1.85 bits per heavy atom. The van der Waals surface area contributed by atoms with Crippen molar-refractivity contribution in [2.24, 2.45) is 11.8 Å². The highest BCUT2D eigenvalue weighted by Gasteiger charge is 2.47. The van der Waals surface area contributed by atoms with Gasteiger partial charge in [-0.3, -0.25) is 24.3 Å². The van der Waals surface area contributed by atoms with E-state index in [1.54, 1.807) is 18.2 Å². The van der Waals surface area contributed by atoms with Crippen LogP contribution in [0.1, 0.15) is 32.1 Å². The van der Waals surface area contributed by atoms with Gasteiger partial charge in [-0.25, -0.2) is 4.79 Å². The standard InChI is InChI=1S/C18H19N3O5/c22-15(19-10-5-6-14-13(9-10)20-18(25)26-14)7-8-21-16(23)11-3-1-2-4-12(11)17(21)24/h5-6,9,11-12H,1-4,7-8H2,(H,19,22)(H,20,25). The van der Waals surface area contributed by atoms with Gasteiger partial charge in [-0.1, -0.05) is 12.8 Å². The number of likely N-dealkylation sites (tertiary alicyclic amines) is 1. The van der Waals surface area contributed by atoms with Gasteiger partial charge < -0.3 is 9.73 Å². The van der Waals surface area contributed by atoms with Crippen molar-refractivity contribution in [3.63, 3.8) is 0 Å². The molecular formula is C18H19N3O5. The number of fused-ring (bicyclic) bond motifs is 2. The molecule has 2 heterocycles. The summed E-state index contributed by atoms with van der Waals surface area (Å²) in [5.41, 5.74) is 1.40. The summed E-state index contributed by atoms with van der Waals surface area (Å²) in [6.45, 7) is 0.0985. The average Bonchev–Trinajstić information content (AvgIpc) is 3.11. The molecule has 26 heavy (non-hydrogen) atoms. The summed E-state index contributed by atoms with van der Waals surface area (Å²) in [6, 6.07) is 4.80. The normalized spacial score (nSPS) is 22.7. The van der Waals surface area contributed by atoms with E-state index in [2.05, 4.69) is 10.3 Å². The molecule has 0 spiro atoms. The number of hydrogen-bond acceptors (Lipinski definition) is 5. The van der Waals surface area contributed by atoms with Gasteiger partial charge in [0.05, 0.1) is 17.4 Å². The lowest BCUT2D eigenvalue weighted by Gasteiger charge is -2.19. The lowest BCUT2D eigenvalue weighted by molar-refractivity contribution is -0.140. The number of imide groups is 1. The Balaban J connectivity index is 1.38. The summed E-state index contributed by atoms with van der Waals surface area (Å²) >= 11 is 0. The molecule has 0 bridgehead atoms. The maximum absolute atomic E-state index is 12.4. The van der Waals surface area contributed by atoms with Crippen LogP contribution >= 0.6 is 0 Å². The fourth-order valence-electron chi connectivity index (χ4n) is 3.92. The third kappa shape index (κ3) is 2.91. The van der Waals surface area contributed by atoms with Crippen molar-refractivity contribution in [2.75, 3.05) is 11.9 Å². The number of carbonyl (C=O) groups is 3. The summed E-state index contributed by atoms with van der Waals surface area (Å²) in [6.07, 6.45) is 3.53. The lowest BCUT2D eigenvalue weighted by atomic mass is 9.81. The number of aromatic nitrogens is 1. The highest BCUT2D eigenvalue weighted by atomic mass is 16.4. The molecule has 1 aromatic carbocycles. The molecule has 2 fully saturated rings. The highest BCUT2D eigenvalue weighted by Crippen LogP contribution is 2.37. The largest absolute Gasteiger partial charge is 0.417 e. The lowest BCUT2D eigenvalue weighted by Crippen LogP contribution is -2.34. The first-order valence-electron chi connectivity index (χ1n) is 8.81. The number of amides is 3. The van der Waals surface area contributed by atoms with Crippen molar-refractivity contribution in [3.05, 3.63) is 28.7 Å². The number of carbonyl (C=O) groups excluding carboxylic acids is 3. The van der Waals surface area contributed by atoms with Crippen LogP contribution in [0.2, 0.25) is 0 Å². The van der Waals surface area contributed by atoms with E-state index < -0.39 is 5.76 Å². The first kappa shape index (κ1) is 16.6. The van der Waals surface area contributed by atoms with E-state index in [1.165, 1.54) is 4.90 Å². The number of anilines is 1. The van der Waals surface area contributed by atoms with Crippen molar-refractivity contribution >= 4 is 34.5 Å². The molecule has 0 radical (unpaired) electrons. The minimum absolute atomic E-state index is 0.0386. The van der Waals surface area contributed by atoms with Gasteiger partial charge in [-0.15, -0.1) is 0 Å². The van der Waals surface area contributed by atoms with Crippen LogP contribution in [-0.2, 0) is 14.4 Å². The number of aromatic amines is 1. The predicted octanol–water partition coefficient (Wildman–Crippen LogP) is 1.62. The molecule has 3 amide bonds. The Hall–Kier alpha value is -2.90. The van der Waals surface area contributed by atoms with Crippen LogP contribution in [-0.4, -0.2) is 34.2 Å². The fraction of sp³-hybridized carbons (Fsp3) is 0.444. The zero-order chi connectivity index (χ0) is 18.3. The molecule has 2 unspecified atom stereocenters. The van der Waals surface area contributed by atoms with Crippen LogP contribution in [0.5, 0.6) is 0 Å². The minimum Gasteiger partial charge on any atom is -0.408 e. The maximum Gasteiger partial charge on any atom is 0.417 e. The molecule has 1 saturated carbocycles. The topological polar surface area (TPSA) is 112 Å². The summed E-state index contributed by atoms with van der Waals surface area (Å²) in [7, 11) is 0. The van der Waals surface area contributed by atoms with Crippen molar-refractivity contribution in [2.45, 2.75) is 32.1 Å². The van der Waals surface area contributed by atoms with Crippen molar-refractivity contribution < 1.29 is 18.8 Å². The first-order chi connectivity index (χ1) is 12.5. The average molecular weight is 357 g/mol. The first-order valence-corrected chi connectivity index (χ1v) is 8.81. The molecule has 2 atom stereocenters. The van der Waals surface area contributed by atoms with Crippen LogP contribution in [0, 0.1) is 11.8 Å². The van der Waals surface area contributed by atoms with Gasteiger partial charge in [-0.05, 0) is 31.0 Å². The van der Waals surface area contributed by atoms with Gasteiger partial charge in [0.15, 0.2) is 5.58 Å². The Morgan fingerprint density at radius 1 is 1.15 bits per heavy atom. The number of oxazole rings is 1. The Kier molecular flexibility index (Phi) is 4.10. The number of benzene rings is 1. The van der Waals surface area contributed by atoms with Crippen LogP contribution in [0.4, 0.5) is 5.69 Å². The summed E-state index contributed by atoms with van der Waals surface area (Å²) < 4.78 is 4.91. The molecule has 136 valence electrons. The van der Waals surface area contributed by atoms with Gasteiger partial charge in [0.1, 0.15) is 0 Å². The molecule has 2 aromatic rings. The summed E-state index contributed by atoms with van der Waals surface area (Å²) in [5.74, 6) is -1.52. The smallest absolute Gasteiger partial charge is 0.408 e. The number of rotatable bonds is 4. The second-order valence-corrected chi connectivity index (χ2v) is 6.85. The van der Waals surface area contributed by atoms with Crippen molar-refractivity contribution in [3.8, 4) is 0 Å². The Bertz CT molecular complexity index is 920. The minimum atomic E-state index is -0.559. The molecule has 8 heteroatoms. The van der Waals surface area contributed by atoms with Crippen molar-refractivity contribution in [1.29, 1.82) is 0 Å². The summed E-state index contributed by atoms with van der Waals surface area (Å²) in [5, 5.41) is 2.71. The quantitative estimate of drug-likeness (QED) is 0.808. The second kappa shape index (κ2) is 6.44. The van der Waals surface area contributed by atoms with E-state index in [0.717, 1.165) is 25.7 Å². The molecule has 1 aromatic heterocycles. The third-order valence-corrected chi connectivity index (χ3v) is 5.20. The zero-order valence-electron chi connectivity index (χ0n) is 14.1. The SMILES string of the molecule is O=C(CCN1C(=O)C2CCCCC2C1=O)Nc1ccc2oc(=O)[nH]c2c1. The van der Waals surface area contributed by atoms with Crippen LogP contribution in [0.25, 0.3) is 11.1 Å². The van der Waals surface area contributed by atoms with E-state index in [1.807, 2.05) is 0 Å². The molecule has 2 aliphatic rings. The molecule has 1 aliphatic heterocycles. The van der Waals surface area contributed by atoms with E-state index in [4.69, 9.17) is 4.42 Å².